The van der Waals surface area contributed by atoms with Crippen LogP contribution in [0.2, 0.25) is 5.02 Å². The van der Waals surface area contributed by atoms with Crippen LogP contribution < -0.4 is 21.1 Å². The average molecular weight is 518 g/mol. The van der Waals surface area contributed by atoms with Crippen molar-refractivity contribution in [2.75, 3.05) is 17.7 Å². The average Bonchev–Trinajstić information content (AvgIpc) is 3.52. The summed E-state index contributed by atoms with van der Waals surface area (Å²) < 4.78 is 9.72. The first kappa shape index (κ1) is 23.9. The molecule has 0 fully saturated rings. The molecule has 0 spiro atoms. The number of carbonyl (C=O) groups is 2. The number of carbonyl (C=O) groups excluding carboxylic acids is 2. The maximum Gasteiger partial charge on any atom is 0.439 e. The van der Waals surface area contributed by atoms with Gasteiger partial charge in [0.2, 0.25) is 5.91 Å². The third kappa shape index (κ3) is 5.24. The van der Waals surface area contributed by atoms with Crippen LogP contribution in [0.5, 0.6) is 5.75 Å². The van der Waals surface area contributed by atoms with Gasteiger partial charge in [0.15, 0.2) is 5.82 Å². The number of rotatable bonds is 7. The second-order valence-corrected chi connectivity index (χ2v) is 8.55. The number of methoxy groups -OCH3 is 1. The molecule has 186 valence electrons. The lowest BCUT2D eigenvalue weighted by Crippen LogP contribution is -2.15. The number of fused-ring (bicyclic) bond motifs is 1. The van der Waals surface area contributed by atoms with Crippen LogP contribution in [-0.4, -0.2) is 34.0 Å². The SMILES string of the molecule is COc1ccc(CC(=O)Nc2cccc3cc(C(=O)Nc4ccc(Cl)cc4-c4noc(=O)[nH]4)[nH]c23)cc1. The van der Waals surface area contributed by atoms with Gasteiger partial charge in [-0.1, -0.05) is 41.0 Å². The molecule has 0 aliphatic carbocycles. The fourth-order valence-corrected chi connectivity index (χ4v) is 4.03. The summed E-state index contributed by atoms with van der Waals surface area (Å²) in [5.74, 6) is -0.538. The quantitative estimate of drug-likeness (QED) is 0.248. The molecule has 0 bridgehead atoms. The minimum atomic E-state index is -0.732. The molecule has 0 aliphatic heterocycles. The van der Waals surface area contributed by atoms with E-state index in [-0.39, 0.29) is 23.8 Å². The predicted molar refractivity (Wildman–Crippen MR) is 139 cm³/mol. The fraction of sp³-hybridized carbons (Fsp3) is 0.0769. The van der Waals surface area contributed by atoms with E-state index in [0.717, 1.165) is 10.9 Å². The standard InChI is InChI=1S/C26H20ClN5O5/c1-36-17-8-5-14(6-9-17)11-22(33)28-20-4-2-3-15-12-21(29-23(15)20)25(34)30-19-10-7-16(27)13-18(19)24-31-26(35)37-32-24/h2-10,12-13,29H,11H2,1H3,(H,28,33)(H,30,34)(H,31,32,35). The van der Waals surface area contributed by atoms with Gasteiger partial charge in [-0.25, -0.2) is 4.79 Å². The van der Waals surface area contributed by atoms with Crippen LogP contribution >= 0.6 is 11.6 Å². The van der Waals surface area contributed by atoms with Gasteiger partial charge in [0.25, 0.3) is 5.91 Å². The van der Waals surface area contributed by atoms with E-state index in [4.69, 9.17) is 16.3 Å². The fourth-order valence-electron chi connectivity index (χ4n) is 3.86. The number of aromatic nitrogens is 3. The highest BCUT2D eigenvalue weighted by molar-refractivity contribution is 6.31. The van der Waals surface area contributed by atoms with E-state index >= 15 is 0 Å². The Morgan fingerprint density at radius 3 is 2.54 bits per heavy atom. The van der Waals surface area contributed by atoms with E-state index in [9.17, 15) is 14.4 Å². The van der Waals surface area contributed by atoms with Crippen molar-refractivity contribution >= 4 is 45.7 Å². The van der Waals surface area contributed by atoms with E-state index < -0.39 is 11.7 Å². The Morgan fingerprint density at radius 1 is 1.00 bits per heavy atom. The Kier molecular flexibility index (Phi) is 6.48. The number of anilines is 2. The summed E-state index contributed by atoms with van der Waals surface area (Å²) in [4.78, 5) is 42.7. The summed E-state index contributed by atoms with van der Waals surface area (Å²) in [6.07, 6.45) is 0.178. The summed E-state index contributed by atoms with van der Waals surface area (Å²) in [6, 6.07) is 19.0. The number of hydrogen-bond acceptors (Lipinski definition) is 6. The van der Waals surface area contributed by atoms with Crippen molar-refractivity contribution in [3.8, 4) is 17.1 Å². The Labute approximate surface area is 214 Å². The lowest BCUT2D eigenvalue weighted by atomic mass is 10.1. The Hall–Kier alpha value is -4.83. The molecule has 37 heavy (non-hydrogen) atoms. The number of nitrogens with zero attached hydrogens (tertiary/aromatic N) is 1. The first-order valence-corrected chi connectivity index (χ1v) is 11.5. The lowest BCUT2D eigenvalue weighted by molar-refractivity contribution is -0.115. The number of ether oxygens (including phenoxy) is 1. The maximum absolute atomic E-state index is 13.1. The third-order valence-electron chi connectivity index (χ3n) is 5.62. The van der Waals surface area contributed by atoms with Crippen molar-refractivity contribution in [2.45, 2.75) is 6.42 Å². The van der Waals surface area contributed by atoms with E-state index in [1.54, 1.807) is 55.6 Å². The maximum atomic E-state index is 13.1. The molecular formula is C26H20ClN5O5. The number of H-pyrrole nitrogens is 2. The number of aromatic amines is 2. The van der Waals surface area contributed by atoms with Crippen LogP contribution in [0.1, 0.15) is 16.1 Å². The van der Waals surface area contributed by atoms with Crippen molar-refractivity contribution in [1.82, 2.24) is 15.1 Å². The van der Waals surface area contributed by atoms with Gasteiger partial charge < -0.3 is 20.4 Å². The topological polar surface area (TPSA) is 142 Å². The molecule has 2 heterocycles. The highest BCUT2D eigenvalue weighted by Gasteiger charge is 2.17. The third-order valence-corrected chi connectivity index (χ3v) is 5.86. The zero-order valence-corrected chi connectivity index (χ0v) is 20.2. The summed E-state index contributed by atoms with van der Waals surface area (Å²) in [6.45, 7) is 0. The molecule has 0 aliphatic rings. The van der Waals surface area contributed by atoms with Crippen molar-refractivity contribution in [1.29, 1.82) is 0 Å². The largest absolute Gasteiger partial charge is 0.497 e. The predicted octanol–water partition coefficient (Wildman–Crippen LogP) is 4.61. The molecule has 0 radical (unpaired) electrons. The summed E-state index contributed by atoms with van der Waals surface area (Å²) in [7, 11) is 1.58. The molecule has 5 rings (SSSR count). The molecular weight excluding hydrogens is 498 g/mol. The van der Waals surface area contributed by atoms with Gasteiger partial charge in [0, 0.05) is 16.0 Å². The number of benzene rings is 3. The second kappa shape index (κ2) is 10.0. The van der Waals surface area contributed by atoms with E-state index in [1.165, 1.54) is 0 Å². The molecule has 5 aromatic rings. The molecule has 2 aromatic heterocycles. The van der Waals surface area contributed by atoms with E-state index in [0.29, 0.717) is 33.2 Å². The molecule has 3 aromatic carbocycles. The van der Waals surface area contributed by atoms with Gasteiger partial charge in [-0.05, 0) is 48.0 Å². The Balaban J connectivity index is 1.36. The van der Waals surface area contributed by atoms with Crippen molar-refractivity contribution in [3.05, 3.63) is 93.6 Å². The number of amides is 2. The van der Waals surface area contributed by atoms with Crippen LogP contribution in [0.25, 0.3) is 22.3 Å². The Bertz CT molecular complexity index is 1670. The summed E-state index contributed by atoms with van der Waals surface area (Å²) in [5.41, 5.74) is 3.00. The van der Waals surface area contributed by atoms with E-state index in [1.807, 2.05) is 18.2 Å². The van der Waals surface area contributed by atoms with Crippen LogP contribution in [0, 0.1) is 0 Å². The Morgan fingerprint density at radius 2 is 1.81 bits per heavy atom. The molecule has 4 N–H and O–H groups in total. The molecule has 0 unspecified atom stereocenters. The zero-order chi connectivity index (χ0) is 25.9. The van der Waals surface area contributed by atoms with Gasteiger partial charge >= 0.3 is 5.76 Å². The zero-order valence-electron chi connectivity index (χ0n) is 19.4. The molecule has 10 nitrogen and oxygen atoms in total. The second-order valence-electron chi connectivity index (χ2n) is 8.11. The highest BCUT2D eigenvalue weighted by Crippen LogP contribution is 2.29. The molecule has 0 atom stereocenters. The van der Waals surface area contributed by atoms with Crippen LogP contribution in [-0.2, 0) is 11.2 Å². The first-order chi connectivity index (χ1) is 17.9. The molecule has 2 amide bonds. The summed E-state index contributed by atoms with van der Waals surface area (Å²) in [5, 5.41) is 10.5. The van der Waals surface area contributed by atoms with Crippen LogP contribution in [0.15, 0.2) is 76.0 Å². The smallest absolute Gasteiger partial charge is 0.439 e. The van der Waals surface area contributed by atoms with Gasteiger partial charge in [0.1, 0.15) is 11.4 Å². The van der Waals surface area contributed by atoms with Gasteiger partial charge in [-0.15, -0.1) is 0 Å². The van der Waals surface area contributed by atoms with Gasteiger partial charge in [-0.3, -0.25) is 19.1 Å². The lowest BCUT2D eigenvalue weighted by Gasteiger charge is -2.09. The van der Waals surface area contributed by atoms with E-state index in [2.05, 4.69) is 30.3 Å². The number of halogens is 1. The summed E-state index contributed by atoms with van der Waals surface area (Å²) >= 11 is 6.09. The van der Waals surface area contributed by atoms with Gasteiger partial charge in [-0.2, -0.15) is 0 Å². The minimum absolute atomic E-state index is 0.126. The number of nitrogens with one attached hydrogen (secondary N) is 4. The van der Waals surface area contributed by atoms with Crippen LogP contribution in [0.3, 0.4) is 0 Å². The number of para-hydroxylation sites is 1. The van der Waals surface area contributed by atoms with Crippen molar-refractivity contribution in [2.24, 2.45) is 0 Å². The van der Waals surface area contributed by atoms with Gasteiger partial charge in [0.05, 0.1) is 30.4 Å². The van der Waals surface area contributed by atoms with Crippen LogP contribution in [0.4, 0.5) is 11.4 Å². The highest BCUT2D eigenvalue weighted by atomic mass is 35.5. The minimum Gasteiger partial charge on any atom is -0.497 e. The molecule has 0 saturated heterocycles. The monoisotopic (exact) mass is 517 g/mol. The van der Waals surface area contributed by atoms with Crippen molar-refractivity contribution in [3.63, 3.8) is 0 Å². The normalized spacial score (nSPS) is 10.9. The number of hydrogen-bond donors (Lipinski definition) is 4. The molecule has 0 saturated carbocycles. The molecule has 11 heteroatoms. The first-order valence-electron chi connectivity index (χ1n) is 11.1. The van der Waals surface area contributed by atoms with Crippen molar-refractivity contribution < 1.29 is 18.8 Å².